The van der Waals surface area contributed by atoms with Gasteiger partial charge in [0.15, 0.2) is 0 Å². The topological polar surface area (TPSA) is 32.7 Å². The van der Waals surface area contributed by atoms with Crippen LogP contribution in [0.15, 0.2) is 4.99 Å². The molecule has 50 valence electrons. The van der Waals surface area contributed by atoms with Crippen molar-refractivity contribution in [2.24, 2.45) is 4.99 Å². The third-order valence-electron chi connectivity index (χ3n) is 1.75. The summed E-state index contributed by atoms with van der Waals surface area (Å²) >= 11 is 0. The number of aliphatic imine (C=N–C) groups is 1. The van der Waals surface area contributed by atoms with Gasteiger partial charge in [0.05, 0.1) is 6.34 Å². The highest BCUT2D eigenvalue weighted by Crippen LogP contribution is 2.16. The quantitative estimate of drug-likeness (QED) is 0.466. The highest BCUT2D eigenvalue weighted by molar-refractivity contribution is 5.97. The standard InChI is InChI=1S/C6H10N2O/c1-6(2)5(9)7-4-8(6)3/h4H,1-3H3. The van der Waals surface area contributed by atoms with E-state index in [0.717, 1.165) is 0 Å². The van der Waals surface area contributed by atoms with Gasteiger partial charge in [0, 0.05) is 7.05 Å². The first-order valence-electron chi connectivity index (χ1n) is 2.86. The molecule has 0 fully saturated rings. The smallest absolute Gasteiger partial charge is 0.272 e. The second-order valence-corrected chi connectivity index (χ2v) is 2.72. The van der Waals surface area contributed by atoms with Crippen LogP contribution in [-0.4, -0.2) is 29.7 Å². The minimum atomic E-state index is -0.417. The largest absolute Gasteiger partial charge is 0.351 e. The fraction of sp³-hybridized carbons (Fsp3) is 0.667. The van der Waals surface area contributed by atoms with E-state index in [0.29, 0.717) is 0 Å². The van der Waals surface area contributed by atoms with Crippen molar-refractivity contribution in [1.29, 1.82) is 0 Å². The monoisotopic (exact) mass is 126 g/mol. The molecule has 0 bridgehead atoms. The summed E-state index contributed by atoms with van der Waals surface area (Å²) in [5, 5.41) is 0. The first-order chi connectivity index (χ1) is 4.05. The van der Waals surface area contributed by atoms with Gasteiger partial charge in [-0.3, -0.25) is 4.79 Å². The SMILES string of the molecule is CN1C=NC(=O)C1(C)C. The second-order valence-electron chi connectivity index (χ2n) is 2.72. The number of nitrogens with zero attached hydrogens (tertiary/aromatic N) is 2. The Hall–Kier alpha value is -0.860. The van der Waals surface area contributed by atoms with E-state index in [-0.39, 0.29) is 5.91 Å². The summed E-state index contributed by atoms with van der Waals surface area (Å²) < 4.78 is 0. The van der Waals surface area contributed by atoms with Crippen LogP contribution < -0.4 is 0 Å². The highest BCUT2D eigenvalue weighted by Gasteiger charge is 2.34. The van der Waals surface area contributed by atoms with Crippen molar-refractivity contribution in [3.8, 4) is 0 Å². The Morgan fingerprint density at radius 1 is 1.67 bits per heavy atom. The Morgan fingerprint density at radius 3 is 2.33 bits per heavy atom. The summed E-state index contributed by atoms with van der Waals surface area (Å²) in [5.41, 5.74) is -0.417. The van der Waals surface area contributed by atoms with Gasteiger partial charge in [-0.2, -0.15) is 0 Å². The van der Waals surface area contributed by atoms with E-state index >= 15 is 0 Å². The maximum absolute atomic E-state index is 10.9. The lowest BCUT2D eigenvalue weighted by Crippen LogP contribution is -2.41. The molecule has 9 heavy (non-hydrogen) atoms. The van der Waals surface area contributed by atoms with Gasteiger partial charge >= 0.3 is 0 Å². The zero-order valence-corrected chi connectivity index (χ0v) is 5.88. The first-order valence-corrected chi connectivity index (χ1v) is 2.86. The lowest BCUT2D eigenvalue weighted by molar-refractivity contribution is -0.123. The van der Waals surface area contributed by atoms with E-state index in [9.17, 15) is 4.79 Å². The predicted molar refractivity (Wildman–Crippen MR) is 35.3 cm³/mol. The third-order valence-corrected chi connectivity index (χ3v) is 1.75. The summed E-state index contributed by atoms with van der Waals surface area (Å²) in [6, 6.07) is 0. The van der Waals surface area contributed by atoms with Crippen molar-refractivity contribution >= 4 is 12.2 Å². The van der Waals surface area contributed by atoms with Crippen LogP contribution in [0.4, 0.5) is 0 Å². The molecule has 0 aromatic heterocycles. The molecule has 0 atom stereocenters. The van der Waals surface area contributed by atoms with Crippen LogP contribution in [0.2, 0.25) is 0 Å². The molecule has 1 aliphatic rings. The summed E-state index contributed by atoms with van der Waals surface area (Å²) in [6.07, 6.45) is 1.56. The zero-order valence-electron chi connectivity index (χ0n) is 5.88. The number of likely N-dealkylation sites (N-methyl/N-ethyl adjacent to an activating group) is 1. The minimum absolute atomic E-state index is 0.0648. The van der Waals surface area contributed by atoms with Gasteiger partial charge < -0.3 is 4.90 Å². The average molecular weight is 126 g/mol. The molecule has 0 saturated carbocycles. The Kier molecular flexibility index (Phi) is 1.08. The highest BCUT2D eigenvalue weighted by atomic mass is 16.2. The zero-order chi connectivity index (χ0) is 7.07. The van der Waals surface area contributed by atoms with E-state index in [1.807, 2.05) is 20.9 Å². The normalized spacial score (nSPS) is 23.4. The van der Waals surface area contributed by atoms with E-state index in [4.69, 9.17) is 0 Å². The van der Waals surface area contributed by atoms with Crippen molar-refractivity contribution in [1.82, 2.24) is 4.90 Å². The lowest BCUT2D eigenvalue weighted by Gasteiger charge is -2.24. The van der Waals surface area contributed by atoms with Crippen LogP contribution in [0.25, 0.3) is 0 Å². The molecule has 0 aromatic rings. The summed E-state index contributed by atoms with van der Waals surface area (Å²) in [5.74, 6) is -0.0648. The molecule has 0 N–H and O–H groups in total. The molecule has 0 spiro atoms. The predicted octanol–water partition coefficient (Wildman–Crippen LogP) is 0.265. The minimum Gasteiger partial charge on any atom is -0.351 e. The molecule has 3 heteroatoms. The van der Waals surface area contributed by atoms with Gasteiger partial charge in [0.2, 0.25) is 0 Å². The molecule has 1 amide bonds. The fourth-order valence-electron chi connectivity index (χ4n) is 0.592. The summed E-state index contributed by atoms with van der Waals surface area (Å²) in [7, 11) is 1.84. The van der Waals surface area contributed by atoms with E-state index < -0.39 is 5.54 Å². The van der Waals surface area contributed by atoms with E-state index in [1.54, 1.807) is 11.2 Å². The summed E-state index contributed by atoms with van der Waals surface area (Å²) in [6.45, 7) is 3.70. The molecular formula is C6H10N2O. The number of carbonyl (C=O) groups excluding carboxylic acids is 1. The second kappa shape index (κ2) is 1.56. The number of amides is 1. The van der Waals surface area contributed by atoms with Gasteiger partial charge in [0.1, 0.15) is 5.54 Å². The van der Waals surface area contributed by atoms with Crippen molar-refractivity contribution < 1.29 is 4.79 Å². The molecule has 0 unspecified atom stereocenters. The molecule has 1 rings (SSSR count). The van der Waals surface area contributed by atoms with Gasteiger partial charge in [-0.05, 0) is 13.8 Å². The van der Waals surface area contributed by atoms with Crippen LogP contribution >= 0.6 is 0 Å². The Balaban J connectivity index is 2.88. The van der Waals surface area contributed by atoms with Gasteiger partial charge in [-0.15, -0.1) is 0 Å². The van der Waals surface area contributed by atoms with Gasteiger partial charge in [-0.25, -0.2) is 4.99 Å². The van der Waals surface area contributed by atoms with E-state index in [2.05, 4.69) is 4.99 Å². The summed E-state index contributed by atoms with van der Waals surface area (Å²) in [4.78, 5) is 16.3. The number of rotatable bonds is 0. The van der Waals surface area contributed by atoms with Crippen molar-refractivity contribution in [2.75, 3.05) is 7.05 Å². The number of carbonyl (C=O) groups is 1. The number of hydrogen-bond acceptors (Lipinski definition) is 2. The molecular weight excluding hydrogens is 116 g/mol. The number of hydrogen-bond donors (Lipinski definition) is 0. The molecule has 0 aliphatic carbocycles. The van der Waals surface area contributed by atoms with Crippen molar-refractivity contribution in [3.63, 3.8) is 0 Å². The Bertz CT molecular complexity index is 172. The van der Waals surface area contributed by atoms with Gasteiger partial charge in [-0.1, -0.05) is 0 Å². The molecule has 1 heterocycles. The van der Waals surface area contributed by atoms with E-state index in [1.165, 1.54) is 0 Å². The molecule has 3 nitrogen and oxygen atoms in total. The van der Waals surface area contributed by atoms with Crippen molar-refractivity contribution in [3.05, 3.63) is 0 Å². The maximum Gasteiger partial charge on any atom is 0.272 e. The van der Waals surface area contributed by atoms with Crippen LogP contribution in [0.3, 0.4) is 0 Å². The lowest BCUT2D eigenvalue weighted by atomic mass is 10.1. The maximum atomic E-state index is 10.9. The molecule has 0 saturated heterocycles. The third kappa shape index (κ3) is 0.724. The molecule has 1 aliphatic heterocycles. The van der Waals surface area contributed by atoms with Crippen LogP contribution in [0.1, 0.15) is 13.8 Å². The Morgan fingerprint density at radius 2 is 2.22 bits per heavy atom. The van der Waals surface area contributed by atoms with Crippen molar-refractivity contribution in [2.45, 2.75) is 19.4 Å². The Labute approximate surface area is 54.4 Å². The van der Waals surface area contributed by atoms with Crippen LogP contribution in [0.5, 0.6) is 0 Å². The van der Waals surface area contributed by atoms with Gasteiger partial charge in [0.25, 0.3) is 5.91 Å². The van der Waals surface area contributed by atoms with Crippen LogP contribution in [0, 0.1) is 0 Å². The molecule has 0 radical (unpaired) electrons. The first kappa shape index (κ1) is 6.26. The fourth-order valence-corrected chi connectivity index (χ4v) is 0.592. The van der Waals surface area contributed by atoms with Crippen LogP contribution in [-0.2, 0) is 4.79 Å². The average Bonchev–Trinajstić information content (AvgIpc) is 1.96. The molecule has 0 aromatic carbocycles.